The second kappa shape index (κ2) is 9.35. The number of imidazole rings is 1. The van der Waals surface area contributed by atoms with Crippen LogP contribution in [-0.2, 0) is 9.59 Å². The summed E-state index contributed by atoms with van der Waals surface area (Å²) in [4.78, 5) is 31.8. The Kier molecular flexibility index (Phi) is 6.53. The van der Waals surface area contributed by atoms with E-state index in [4.69, 9.17) is 23.2 Å². The number of nitrogens with zero attached hydrogens (tertiary/aromatic N) is 3. The molecule has 3 aromatic rings. The smallest absolute Gasteiger partial charge is 0.246 e. The van der Waals surface area contributed by atoms with Crippen molar-refractivity contribution in [1.82, 2.24) is 14.5 Å². The topological polar surface area (TPSA) is 67.2 Å². The average Bonchev–Trinajstić information content (AvgIpc) is 3.52. The summed E-state index contributed by atoms with van der Waals surface area (Å²) in [6.45, 7) is 3.69. The maximum atomic E-state index is 12.9. The quantitative estimate of drug-likeness (QED) is 0.500. The van der Waals surface area contributed by atoms with E-state index in [9.17, 15) is 9.59 Å². The number of anilines is 1. The van der Waals surface area contributed by atoms with Gasteiger partial charge in [0, 0.05) is 39.5 Å². The molecule has 4 rings (SSSR count). The predicted octanol–water partition coefficient (Wildman–Crippen LogP) is 5.43. The Morgan fingerprint density at radius 1 is 1.12 bits per heavy atom. The normalized spacial score (nSPS) is 13.3. The number of halogens is 2. The molecular formula is C24H24Cl2N4O2. The van der Waals surface area contributed by atoms with E-state index in [-0.39, 0.29) is 30.3 Å². The first kappa shape index (κ1) is 22.4. The van der Waals surface area contributed by atoms with Gasteiger partial charge < -0.3 is 4.90 Å². The summed E-state index contributed by atoms with van der Waals surface area (Å²) < 4.78 is 1.78. The van der Waals surface area contributed by atoms with E-state index in [0.717, 1.165) is 24.1 Å². The minimum Gasteiger partial charge on any atom is -0.330 e. The van der Waals surface area contributed by atoms with Gasteiger partial charge in [-0.1, -0.05) is 55.2 Å². The molecule has 1 aliphatic carbocycles. The number of nitrogens with one attached hydrogen (secondary N) is 1. The fourth-order valence-corrected chi connectivity index (χ4v) is 3.79. The van der Waals surface area contributed by atoms with E-state index in [1.807, 2.05) is 44.3 Å². The summed E-state index contributed by atoms with van der Waals surface area (Å²) in [5.74, 6) is -0.103. The van der Waals surface area contributed by atoms with Crippen LogP contribution in [0.15, 0.2) is 54.7 Å². The van der Waals surface area contributed by atoms with Crippen molar-refractivity contribution < 1.29 is 9.59 Å². The van der Waals surface area contributed by atoms with Crippen molar-refractivity contribution in [2.75, 3.05) is 11.9 Å². The molecule has 0 unspecified atom stereocenters. The van der Waals surface area contributed by atoms with E-state index >= 15 is 0 Å². The number of hydrogen-bond acceptors (Lipinski definition) is 3. The first-order valence-electron chi connectivity index (χ1n) is 10.5. The zero-order chi connectivity index (χ0) is 22.8. The molecule has 6 nitrogen and oxygen atoms in total. The van der Waals surface area contributed by atoms with Crippen LogP contribution in [0, 0.1) is 5.92 Å². The highest BCUT2D eigenvalue weighted by atomic mass is 35.5. The van der Waals surface area contributed by atoms with Crippen molar-refractivity contribution in [3.8, 4) is 16.9 Å². The molecule has 0 atom stereocenters. The Morgan fingerprint density at radius 2 is 1.84 bits per heavy atom. The molecule has 0 radical (unpaired) electrons. The van der Waals surface area contributed by atoms with Gasteiger partial charge in [0.05, 0.1) is 5.69 Å². The molecule has 2 amide bonds. The van der Waals surface area contributed by atoms with Crippen LogP contribution in [0.5, 0.6) is 0 Å². The van der Waals surface area contributed by atoms with Gasteiger partial charge >= 0.3 is 0 Å². The molecule has 8 heteroatoms. The third-order valence-electron chi connectivity index (χ3n) is 5.26. The maximum absolute atomic E-state index is 12.9. The van der Waals surface area contributed by atoms with Crippen molar-refractivity contribution >= 4 is 41.0 Å². The lowest BCUT2D eigenvalue weighted by Gasteiger charge is -2.23. The summed E-state index contributed by atoms with van der Waals surface area (Å²) in [7, 11) is 0. The van der Waals surface area contributed by atoms with Crippen molar-refractivity contribution in [2.45, 2.75) is 32.7 Å². The molecule has 1 heterocycles. The van der Waals surface area contributed by atoms with Crippen LogP contribution in [0.1, 0.15) is 26.7 Å². The Balaban J connectivity index is 1.63. The van der Waals surface area contributed by atoms with Gasteiger partial charge in [-0.3, -0.25) is 19.5 Å². The third kappa shape index (κ3) is 5.14. The van der Waals surface area contributed by atoms with Crippen LogP contribution in [0.25, 0.3) is 16.9 Å². The van der Waals surface area contributed by atoms with Crippen LogP contribution >= 0.6 is 23.2 Å². The molecule has 1 fully saturated rings. The number of aromatic nitrogens is 2. The number of benzene rings is 2. The Labute approximate surface area is 197 Å². The molecular weight excluding hydrogens is 447 g/mol. The largest absolute Gasteiger partial charge is 0.330 e. The Morgan fingerprint density at radius 3 is 2.47 bits per heavy atom. The lowest BCUT2D eigenvalue weighted by atomic mass is 10.2. The molecule has 32 heavy (non-hydrogen) atoms. The molecule has 0 spiro atoms. The number of hydrogen-bond donors (Lipinski definition) is 1. The van der Waals surface area contributed by atoms with Gasteiger partial charge in [0.2, 0.25) is 17.8 Å². The zero-order valence-electron chi connectivity index (χ0n) is 17.9. The van der Waals surface area contributed by atoms with E-state index in [1.165, 1.54) is 0 Å². The van der Waals surface area contributed by atoms with Gasteiger partial charge in [0.25, 0.3) is 0 Å². The first-order chi connectivity index (χ1) is 15.3. The molecule has 0 bridgehead atoms. The number of carbonyl (C=O) groups is 2. The lowest BCUT2D eigenvalue weighted by molar-refractivity contribution is -0.138. The van der Waals surface area contributed by atoms with Crippen molar-refractivity contribution in [3.05, 3.63) is 64.8 Å². The standard InChI is InChI=1S/C24H24Cl2N4O2/c1-15(2)23(32)29(19-10-11-19)14-22(31)28-24-27-21(16-6-8-17(25)9-7-16)13-30(24)20-5-3-4-18(26)12-20/h3-9,12-13,15,19H,10-11,14H2,1-2H3,(H,27,28,31). The molecule has 1 N–H and O–H groups in total. The molecule has 1 aliphatic rings. The van der Waals surface area contributed by atoms with Crippen LogP contribution in [0.2, 0.25) is 10.0 Å². The van der Waals surface area contributed by atoms with Gasteiger partial charge in [-0.2, -0.15) is 0 Å². The van der Waals surface area contributed by atoms with E-state index < -0.39 is 0 Å². The Hall–Kier alpha value is -2.83. The summed E-state index contributed by atoms with van der Waals surface area (Å²) in [6, 6.07) is 14.8. The van der Waals surface area contributed by atoms with Crippen LogP contribution in [-0.4, -0.2) is 38.9 Å². The molecule has 1 aromatic heterocycles. The van der Waals surface area contributed by atoms with Crippen molar-refractivity contribution in [3.63, 3.8) is 0 Å². The molecule has 0 saturated heterocycles. The van der Waals surface area contributed by atoms with Crippen molar-refractivity contribution in [1.29, 1.82) is 0 Å². The van der Waals surface area contributed by atoms with Gasteiger partial charge in [-0.25, -0.2) is 4.98 Å². The Bertz CT molecular complexity index is 1140. The molecule has 166 valence electrons. The average molecular weight is 471 g/mol. The van der Waals surface area contributed by atoms with Gasteiger partial charge in [0.15, 0.2) is 0 Å². The van der Waals surface area contributed by atoms with Crippen molar-refractivity contribution in [2.24, 2.45) is 5.92 Å². The van der Waals surface area contributed by atoms with E-state index in [1.54, 1.807) is 33.7 Å². The van der Waals surface area contributed by atoms with Gasteiger partial charge in [0.1, 0.15) is 6.54 Å². The van der Waals surface area contributed by atoms with Gasteiger partial charge in [-0.15, -0.1) is 0 Å². The minimum absolute atomic E-state index is 0.000361. The second-order valence-corrected chi connectivity index (χ2v) is 9.08. The monoisotopic (exact) mass is 470 g/mol. The molecule has 1 saturated carbocycles. The maximum Gasteiger partial charge on any atom is 0.246 e. The molecule has 0 aliphatic heterocycles. The fraction of sp³-hybridized carbons (Fsp3) is 0.292. The lowest BCUT2D eigenvalue weighted by Crippen LogP contribution is -2.41. The summed E-state index contributed by atoms with van der Waals surface area (Å²) >= 11 is 12.2. The van der Waals surface area contributed by atoms with E-state index in [2.05, 4.69) is 10.3 Å². The van der Waals surface area contributed by atoms with E-state index in [0.29, 0.717) is 21.7 Å². The fourth-order valence-electron chi connectivity index (χ4n) is 3.47. The highest BCUT2D eigenvalue weighted by Gasteiger charge is 2.34. The predicted molar refractivity (Wildman–Crippen MR) is 127 cm³/mol. The minimum atomic E-state index is -0.289. The third-order valence-corrected chi connectivity index (χ3v) is 5.75. The summed E-state index contributed by atoms with van der Waals surface area (Å²) in [5.41, 5.74) is 2.30. The second-order valence-electron chi connectivity index (χ2n) is 8.21. The molecule has 2 aromatic carbocycles. The number of amides is 2. The highest BCUT2D eigenvalue weighted by Crippen LogP contribution is 2.29. The zero-order valence-corrected chi connectivity index (χ0v) is 19.4. The number of rotatable bonds is 7. The number of carbonyl (C=O) groups excluding carboxylic acids is 2. The first-order valence-corrected chi connectivity index (χ1v) is 11.3. The van der Waals surface area contributed by atoms with Gasteiger partial charge in [-0.05, 0) is 43.2 Å². The van der Waals surface area contributed by atoms with Crippen LogP contribution in [0.3, 0.4) is 0 Å². The summed E-state index contributed by atoms with van der Waals surface area (Å²) in [5, 5.41) is 4.09. The SMILES string of the molecule is CC(C)C(=O)N(CC(=O)Nc1nc(-c2ccc(Cl)cc2)cn1-c1cccc(Cl)c1)C1CC1. The highest BCUT2D eigenvalue weighted by molar-refractivity contribution is 6.31. The van der Waals surface area contributed by atoms with Crippen LogP contribution < -0.4 is 5.32 Å². The summed E-state index contributed by atoms with van der Waals surface area (Å²) in [6.07, 6.45) is 3.70. The van der Waals surface area contributed by atoms with Crippen LogP contribution in [0.4, 0.5) is 5.95 Å².